The Morgan fingerprint density at radius 2 is 1.92 bits per heavy atom. The zero-order valence-electron chi connectivity index (χ0n) is 14.5. The molecule has 2 aromatic carbocycles. The van der Waals surface area contributed by atoms with Gasteiger partial charge in [0, 0.05) is 10.9 Å². The molecule has 6 heteroatoms. The Kier molecular flexibility index (Phi) is 4.01. The molecule has 0 aliphatic carbocycles. The first-order chi connectivity index (χ1) is 12.6. The van der Waals surface area contributed by atoms with Crippen molar-refractivity contribution in [3.05, 3.63) is 78.1 Å². The van der Waals surface area contributed by atoms with E-state index in [2.05, 4.69) is 15.4 Å². The third-order valence-electron chi connectivity index (χ3n) is 4.47. The van der Waals surface area contributed by atoms with Crippen LogP contribution in [-0.4, -0.2) is 20.7 Å². The highest BCUT2D eigenvalue weighted by atomic mass is 16.3. The second kappa shape index (κ2) is 6.48. The van der Waals surface area contributed by atoms with E-state index in [1.807, 2.05) is 62.4 Å². The van der Waals surface area contributed by atoms with Crippen molar-refractivity contribution < 1.29 is 9.21 Å². The van der Waals surface area contributed by atoms with Crippen LogP contribution in [0.3, 0.4) is 0 Å². The van der Waals surface area contributed by atoms with Crippen LogP contribution in [0.25, 0.3) is 16.7 Å². The number of hydrogen-bond acceptors (Lipinski definition) is 4. The molecule has 6 nitrogen and oxygen atoms in total. The van der Waals surface area contributed by atoms with Crippen molar-refractivity contribution in [2.45, 2.75) is 19.9 Å². The predicted molar refractivity (Wildman–Crippen MR) is 98.2 cm³/mol. The third kappa shape index (κ3) is 2.86. The van der Waals surface area contributed by atoms with Crippen molar-refractivity contribution in [3.63, 3.8) is 0 Å². The molecular formula is C20H18N4O2. The van der Waals surface area contributed by atoms with E-state index in [0.29, 0.717) is 5.76 Å². The number of aryl methyl sites for hydroxylation is 1. The summed E-state index contributed by atoms with van der Waals surface area (Å²) in [4.78, 5) is 16.6. The van der Waals surface area contributed by atoms with E-state index < -0.39 is 0 Å². The fraction of sp³-hybridized carbons (Fsp3) is 0.150. The Hall–Kier alpha value is -3.41. The van der Waals surface area contributed by atoms with Gasteiger partial charge in [-0.15, -0.1) is 0 Å². The molecule has 4 aromatic rings. The standard InChI is InChI=1S/C20H18N4O2/c1-13-17-5-3-4-6-18(17)26-19(13)20(25)23-14(2)15-7-9-16(10-8-15)24-12-21-11-22-24/h3-12,14H,1-2H3,(H,23,25). The van der Waals surface area contributed by atoms with E-state index in [1.165, 1.54) is 6.33 Å². The van der Waals surface area contributed by atoms with Gasteiger partial charge in [-0.3, -0.25) is 4.79 Å². The number of nitrogens with one attached hydrogen (secondary N) is 1. The van der Waals surface area contributed by atoms with Gasteiger partial charge in [-0.2, -0.15) is 5.10 Å². The molecule has 0 aliphatic rings. The van der Waals surface area contributed by atoms with Gasteiger partial charge in [-0.1, -0.05) is 30.3 Å². The van der Waals surface area contributed by atoms with Crippen LogP contribution in [0.2, 0.25) is 0 Å². The predicted octanol–water partition coefficient (Wildman–Crippen LogP) is 3.81. The minimum Gasteiger partial charge on any atom is -0.451 e. The van der Waals surface area contributed by atoms with Crippen LogP contribution in [-0.2, 0) is 0 Å². The van der Waals surface area contributed by atoms with Crippen molar-refractivity contribution in [1.29, 1.82) is 0 Å². The van der Waals surface area contributed by atoms with Crippen molar-refractivity contribution in [1.82, 2.24) is 20.1 Å². The lowest BCUT2D eigenvalue weighted by molar-refractivity contribution is 0.0913. The van der Waals surface area contributed by atoms with Crippen LogP contribution in [0.1, 0.15) is 34.6 Å². The second-order valence-corrected chi connectivity index (χ2v) is 6.18. The average molecular weight is 346 g/mol. The van der Waals surface area contributed by atoms with Gasteiger partial charge in [-0.05, 0) is 37.6 Å². The van der Waals surface area contributed by atoms with Crippen LogP contribution in [0.15, 0.2) is 65.6 Å². The Morgan fingerprint density at radius 3 is 2.62 bits per heavy atom. The summed E-state index contributed by atoms with van der Waals surface area (Å²) in [7, 11) is 0. The van der Waals surface area contributed by atoms with Gasteiger partial charge in [0.1, 0.15) is 18.2 Å². The summed E-state index contributed by atoms with van der Waals surface area (Å²) in [6.07, 6.45) is 3.14. The van der Waals surface area contributed by atoms with Crippen molar-refractivity contribution in [2.75, 3.05) is 0 Å². The Morgan fingerprint density at radius 1 is 1.15 bits per heavy atom. The van der Waals surface area contributed by atoms with Crippen LogP contribution < -0.4 is 5.32 Å². The van der Waals surface area contributed by atoms with Gasteiger partial charge < -0.3 is 9.73 Å². The number of rotatable bonds is 4. The zero-order valence-corrected chi connectivity index (χ0v) is 14.5. The highest BCUT2D eigenvalue weighted by molar-refractivity contribution is 5.99. The summed E-state index contributed by atoms with van der Waals surface area (Å²) >= 11 is 0. The number of benzene rings is 2. The number of carbonyl (C=O) groups is 1. The Labute approximate surface area is 150 Å². The van der Waals surface area contributed by atoms with Crippen molar-refractivity contribution >= 4 is 16.9 Å². The van der Waals surface area contributed by atoms with Gasteiger partial charge in [0.25, 0.3) is 5.91 Å². The van der Waals surface area contributed by atoms with E-state index >= 15 is 0 Å². The summed E-state index contributed by atoms with van der Waals surface area (Å²) in [5, 5.41) is 8.06. The second-order valence-electron chi connectivity index (χ2n) is 6.18. The van der Waals surface area contributed by atoms with Gasteiger partial charge in [0.15, 0.2) is 5.76 Å². The summed E-state index contributed by atoms with van der Waals surface area (Å²) in [6.45, 7) is 3.85. The molecule has 130 valence electrons. The summed E-state index contributed by atoms with van der Waals surface area (Å²) in [6, 6.07) is 15.3. The number of amides is 1. The fourth-order valence-corrected chi connectivity index (χ4v) is 2.99. The van der Waals surface area contributed by atoms with Crippen LogP contribution in [0.5, 0.6) is 0 Å². The van der Waals surface area contributed by atoms with Crippen LogP contribution >= 0.6 is 0 Å². The maximum absolute atomic E-state index is 12.6. The third-order valence-corrected chi connectivity index (χ3v) is 4.47. The molecule has 0 bridgehead atoms. The van der Waals surface area contributed by atoms with E-state index in [1.54, 1.807) is 11.0 Å². The minimum atomic E-state index is -0.216. The molecule has 4 rings (SSSR count). The van der Waals surface area contributed by atoms with Gasteiger partial charge in [-0.25, -0.2) is 9.67 Å². The molecule has 0 spiro atoms. The SMILES string of the molecule is Cc1c(C(=O)NC(C)c2ccc(-n3cncn3)cc2)oc2ccccc12. The first-order valence-corrected chi connectivity index (χ1v) is 8.37. The Balaban J connectivity index is 1.52. The van der Waals surface area contributed by atoms with Crippen molar-refractivity contribution in [3.8, 4) is 5.69 Å². The molecule has 1 atom stereocenters. The summed E-state index contributed by atoms with van der Waals surface area (Å²) in [5.74, 6) is 0.142. The molecule has 0 radical (unpaired) electrons. The quantitative estimate of drug-likeness (QED) is 0.610. The first kappa shape index (κ1) is 16.1. The fourth-order valence-electron chi connectivity index (χ4n) is 2.99. The minimum absolute atomic E-state index is 0.153. The number of aromatic nitrogens is 3. The van der Waals surface area contributed by atoms with E-state index in [0.717, 1.165) is 27.8 Å². The van der Waals surface area contributed by atoms with E-state index in [9.17, 15) is 4.79 Å². The van der Waals surface area contributed by atoms with Crippen LogP contribution in [0, 0.1) is 6.92 Å². The smallest absolute Gasteiger partial charge is 0.287 e. The molecule has 0 saturated heterocycles. The highest BCUT2D eigenvalue weighted by Gasteiger charge is 2.19. The topological polar surface area (TPSA) is 73.0 Å². The number of furan rings is 1. The zero-order chi connectivity index (χ0) is 18.1. The lowest BCUT2D eigenvalue weighted by atomic mass is 10.1. The number of fused-ring (bicyclic) bond motifs is 1. The number of hydrogen-bond donors (Lipinski definition) is 1. The molecule has 26 heavy (non-hydrogen) atoms. The largest absolute Gasteiger partial charge is 0.451 e. The molecule has 0 fully saturated rings. The summed E-state index contributed by atoms with van der Waals surface area (Å²) in [5.41, 5.74) is 3.49. The summed E-state index contributed by atoms with van der Waals surface area (Å²) < 4.78 is 7.42. The maximum Gasteiger partial charge on any atom is 0.287 e. The number of para-hydroxylation sites is 1. The first-order valence-electron chi connectivity index (χ1n) is 8.37. The lowest BCUT2D eigenvalue weighted by Crippen LogP contribution is -2.26. The maximum atomic E-state index is 12.6. The molecule has 0 aliphatic heterocycles. The number of carbonyl (C=O) groups excluding carboxylic acids is 1. The average Bonchev–Trinajstić information content (AvgIpc) is 3.31. The molecule has 1 unspecified atom stereocenters. The van der Waals surface area contributed by atoms with Gasteiger partial charge in [0.2, 0.25) is 0 Å². The lowest BCUT2D eigenvalue weighted by Gasteiger charge is -2.14. The highest BCUT2D eigenvalue weighted by Crippen LogP contribution is 2.25. The van der Waals surface area contributed by atoms with Gasteiger partial charge in [0.05, 0.1) is 11.7 Å². The number of nitrogens with zero attached hydrogens (tertiary/aromatic N) is 3. The van der Waals surface area contributed by atoms with E-state index in [-0.39, 0.29) is 11.9 Å². The van der Waals surface area contributed by atoms with Crippen molar-refractivity contribution in [2.24, 2.45) is 0 Å². The molecule has 0 saturated carbocycles. The Bertz CT molecular complexity index is 1050. The van der Waals surface area contributed by atoms with Crippen LogP contribution in [0.4, 0.5) is 0 Å². The molecule has 2 heterocycles. The molecular weight excluding hydrogens is 328 g/mol. The molecule has 1 amide bonds. The van der Waals surface area contributed by atoms with E-state index in [4.69, 9.17) is 4.42 Å². The normalized spacial score (nSPS) is 12.2. The van der Waals surface area contributed by atoms with Gasteiger partial charge >= 0.3 is 0 Å². The molecule has 1 N–H and O–H groups in total. The monoisotopic (exact) mass is 346 g/mol. The molecule has 2 aromatic heterocycles.